The highest BCUT2D eigenvalue weighted by molar-refractivity contribution is 6.42. The third-order valence-corrected chi connectivity index (χ3v) is 4.18. The second-order valence-electron chi connectivity index (χ2n) is 4.81. The zero-order valence-electron chi connectivity index (χ0n) is 12.5. The van der Waals surface area contributed by atoms with Crippen molar-refractivity contribution in [1.82, 2.24) is 5.43 Å². The largest absolute Gasteiger partial charge is 0.326 e. The van der Waals surface area contributed by atoms with Crippen LogP contribution in [0.2, 0.25) is 20.1 Å². The average Bonchev–Trinajstić information content (AvgIpc) is 2.53. The van der Waals surface area contributed by atoms with E-state index in [-0.39, 0.29) is 0 Å². The number of benzene rings is 2. The van der Waals surface area contributed by atoms with Crippen LogP contribution < -0.4 is 10.7 Å². The summed E-state index contributed by atoms with van der Waals surface area (Å²) in [6.07, 6.45) is 0.944. The van der Waals surface area contributed by atoms with Crippen molar-refractivity contribution in [3.8, 4) is 0 Å². The highest BCUT2D eigenvalue weighted by atomic mass is 35.5. The van der Waals surface area contributed by atoms with Crippen LogP contribution in [0.4, 0.5) is 5.69 Å². The Labute approximate surface area is 163 Å². The minimum atomic E-state index is -0.584. The molecule has 0 fully saturated rings. The molecule has 0 atom stereocenters. The van der Waals surface area contributed by atoms with Gasteiger partial charge in [0.05, 0.1) is 21.3 Å². The van der Waals surface area contributed by atoms with Gasteiger partial charge in [0.25, 0.3) is 0 Å². The number of anilines is 1. The zero-order valence-corrected chi connectivity index (χ0v) is 15.5. The number of amides is 2. The monoisotopic (exact) mass is 417 g/mol. The van der Waals surface area contributed by atoms with Gasteiger partial charge < -0.3 is 5.32 Å². The summed E-state index contributed by atoms with van der Waals surface area (Å²) in [5.74, 6) is -1.10. The van der Waals surface area contributed by atoms with Crippen LogP contribution in [0.1, 0.15) is 12.0 Å². The minimum Gasteiger partial charge on any atom is -0.326 e. The van der Waals surface area contributed by atoms with Crippen molar-refractivity contribution in [2.75, 3.05) is 5.32 Å². The summed E-state index contributed by atoms with van der Waals surface area (Å²) < 4.78 is 0. The van der Waals surface area contributed by atoms with Gasteiger partial charge in [-0.05, 0) is 30.3 Å². The number of carbonyl (C=O) groups excluding carboxylic acids is 2. The maximum absolute atomic E-state index is 11.8. The lowest BCUT2D eigenvalue weighted by molar-refractivity contribution is -0.126. The lowest BCUT2D eigenvalue weighted by Gasteiger charge is -2.05. The van der Waals surface area contributed by atoms with Crippen molar-refractivity contribution in [3.05, 3.63) is 62.1 Å². The average molecular weight is 419 g/mol. The summed E-state index contributed by atoms with van der Waals surface area (Å²) in [6.45, 7) is 0. The number of hydrogen-bond acceptors (Lipinski definition) is 3. The van der Waals surface area contributed by atoms with Gasteiger partial charge in [0.1, 0.15) is 6.42 Å². The number of nitrogens with one attached hydrogen (secondary N) is 2. The maximum atomic E-state index is 11.8. The van der Waals surface area contributed by atoms with Crippen LogP contribution >= 0.6 is 46.4 Å². The first-order valence-electron chi connectivity index (χ1n) is 6.87. The summed E-state index contributed by atoms with van der Waals surface area (Å²) in [7, 11) is 0. The summed E-state index contributed by atoms with van der Waals surface area (Å²) >= 11 is 23.4. The Morgan fingerprint density at radius 1 is 0.920 bits per heavy atom. The van der Waals surface area contributed by atoms with Gasteiger partial charge >= 0.3 is 0 Å². The SMILES string of the molecule is O=C(CC(=O)Nc1ccc(Cl)c(Cl)c1)N/N=C\c1ccc(Cl)cc1Cl. The Kier molecular flexibility index (Phi) is 7.08. The molecule has 2 rings (SSSR count). The minimum absolute atomic E-state index is 0.299. The van der Waals surface area contributed by atoms with E-state index in [2.05, 4.69) is 15.8 Å². The molecular formula is C16H11Cl4N3O2. The fourth-order valence-corrected chi connectivity index (χ4v) is 2.50. The van der Waals surface area contributed by atoms with Crippen LogP contribution in [-0.4, -0.2) is 18.0 Å². The molecule has 2 amide bonds. The Morgan fingerprint density at radius 3 is 2.36 bits per heavy atom. The summed E-state index contributed by atoms with van der Waals surface area (Å²) in [4.78, 5) is 23.5. The second kappa shape index (κ2) is 9.06. The molecule has 0 aliphatic heterocycles. The van der Waals surface area contributed by atoms with E-state index in [1.165, 1.54) is 12.3 Å². The third-order valence-electron chi connectivity index (χ3n) is 2.88. The van der Waals surface area contributed by atoms with E-state index in [0.717, 1.165) is 0 Å². The van der Waals surface area contributed by atoms with E-state index in [0.29, 0.717) is 31.3 Å². The van der Waals surface area contributed by atoms with Crippen LogP contribution in [0.15, 0.2) is 41.5 Å². The Morgan fingerprint density at radius 2 is 1.68 bits per heavy atom. The van der Waals surface area contributed by atoms with Gasteiger partial charge in [-0.3, -0.25) is 9.59 Å². The smallest absolute Gasteiger partial charge is 0.249 e. The van der Waals surface area contributed by atoms with Crippen molar-refractivity contribution in [2.45, 2.75) is 6.42 Å². The van der Waals surface area contributed by atoms with Gasteiger partial charge in [-0.1, -0.05) is 52.5 Å². The number of halogens is 4. The first-order valence-corrected chi connectivity index (χ1v) is 8.38. The molecule has 0 aliphatic rings. The van der Waals surface area contributed by atoms with E-state index in [1.807, 2.05) is 0 Å². The number of nitrogens with zero attached hydrogens (tertiary/aromatic N) is 1. The maximum Gasteiger partial charge on any atom is 0.249 e. The molecule has 0 radical (unpaired) electrons. The predicted octanol–water partition coefficient (Wildman–Crippen LogP) is 4.78. The fourth-order valence-electron chi connectivity index (χ4n) is 1.74. The predicted molar refractivity (Wildman–Crippen MR) is 102 cm³/mol. The van der Waals surface area contributed by atoms with Gasteiger partial charge in [0.15, 0.2) is 0 Å². The fraction of sp³-hybridized carbons (Fsp3) is 0.0625. The first-order chi connectivity index (χ1) is 11.8. The summed E-state index contributed by atoms with van der Waals surface area (Å²) in [5, 5.41) is 7.83. The molecule has 130 valence electrons. The lowest BCUT2D eigenvalue weighted by atomic mass is 10.2. The molecule has 0 bridgehead atoms. The molecule has 0 aromatic heterocycles. The molecule has 0 saturated heterocycles. The quantitative estimate of drug-likeness (QED) is 0.416. The van der Waals surface area contributed by atoms with Crippen molar-refractivity contribution in [2.24, 2.45) is 5.10 Å². The molecule has 0 saturated carbocycles. The molecule has 25 heavy (non-hydrogen) atoms. The van der Waals surface area contributed by atoms with E-state index < -0.39 is 18.2 Å². The van der Waals surface area contributed by atoms with E-state index in [9.17, 15) is 9.59 Å². The van der Waals surface area contributed by atoms with Gasteiger partial charge in [0, 0.05) is 16.3 Å². The van der Waals surface area contributed by atoms with Crippen molar-refractivity contribution < 1.29 is 9.59 Å². The Bertz CT molecular complexity index is 840. The second-order valence-corrected chi connectivity index (χ2v) is 6.47. The zero-order chi connectivity index (χ0) is 18.4. The molecule has 2 aromatic carbocycles. The van der Waals surface area contributed by atoms with Gasteiger partial charge in [0.2, 0.25) is 11.8 Å². The Balaban J connectivity index is 1.85. The third kappa shape index (κ3) is 6.21. The normalized spacial score (nSPS) is 10.7. The van der Waals surface area contributed by atoms with Gasteiger partial charge in [-0.15, -0.1) is 0 Å². The molecule has 0 heterocycles. The highest BCUT2D eigenvalue weighted by Gasteiger charge is 2.10. The summed E-state index contributed by atoms with van der Waals surface area (Å²) in [6, 6.07) is 9.44. The number of carbonyl (C=O) groups is 2. The topological polar surface area (TPSA) is 70.6 Å². The molecule has 0 aliphatic carbocycles. The number of hydrazone groups is 1. The van der Waals surface area contributed by atoms with Crippen LogP contribution in [0, 0.1) is 0 Å². The summed E-state index contributed by atoms with van der Waals surface area (Å²) in [5.41, 5.74) is 3.25. The van der Waals surface area contributed by atoms with Crippen molar-refractivity contribution in [1.29, 1.82) is 0 Å². The lowest BCUT2D eigenvalue weighted by Crippen LogP contribution is -2.24. The van der Waals surface area contributed by atoms with Crippen molar-refractivity contribution in [3.63, 3.8) is 0 Å². The number of hydrogen-bond donors (Lipinski definition) is 2. The van der Waals surface area contributed by atoms with Crippen LogP contribution in [0.3, 0.4) is 0 Å². The molecule has 5 nitrogen and oxygen atoms in total. The molecule has 0 spiro atoms. The Hall–Kier alpha value is -1.79. The molecule has 2 aromatic rings. The molecule has 9 heteroatoms. The number of rotatable bonds is 5. The van der Waals surface area contributed by atoms with Crippen LogP contribution in [0.5, 0.6) is 0 Å². The van der Waals surface area contributed by atoms with E-state index in [4.69, 9.17) is 46.4 Å². The van der Waals surface area contributed by atoms with E-state index in [1.54, 1.807) is 30.3 Å². The highest BCUT2D eigenvalue weighted by Crippen LogP contribution is 2.25. The van der Waals surface area contributed by atoms with Gasteiger partial charge in [-0.25, -0.2) is 5.43 Å². The molecule has 0 unspecified atom stereocenters. The van der Waals surface area contributed by atoms with Crippen LogP contribution in [0.25, 0.3) is 0 Å². The van der Waals surface area contributed by atoms with Crippen molar-refractivity contribution >= 4 is 70.1 Å². The van der Waals surface area contributed by atoms with Crippen LogP contribution in [-0.2, 0) is 9.59 Å². The molecule has 2 N–H and O–H groups in total. The standard InChI is InChI=1S/C16H11Cl4N3O2/c17-10-2-1-9(13(19)5-10)8-21-23-16(25)7-15(24)22-11-3-4-12(18)14(20)6-11/h1-6,8H,7H2,(H,22,24)(H,23,25)/b21-8-. The molecular weight excluding hydrogens is 408 g/mol. The first kappa shape index (κ1) is 19.5. The van der Waals surface area contributed by atoms with E-state index >= 15 is 0 Å². The van der Waals surface area contributed by atoms with Gasteiger partial charge in [-0.2, -0.15) is 5.10 Å².